The summed E-state index contributed by atoms with van der Waals surface area (Å²) in [6.07, 6.45) is 0.808. The van der Waals surface area contributed by atoms with Gasteiger partial charge in [-0.15, -0.1) is 0 Å². The van der Waals surface area contributed by atoms with E-state index in [0.717, 1.165) is 6.42 Å². The summed E-state index contributed by atoms with van der Waals surface area (Å²) >= 11 is 0. The van der Waals surface area contributed by atoms with Gasteiger partial charge in [0.15, 0.2) is 0 Å². The zero-order chi connectivity index (χ0) is 17.5. The third kappa shape index (κ3) is 5.00. The summed E-state index contributed by atoms with van der Waals surface area (Å²) in [6.45, 7) is 25.3. The molecule has 0 saturated heterocycles. The van der Waals surface area contributed by atoms with E-state index in [1.165, 1.54) is 0 Å². The molecule has 0 spiro atoms. The molecule has 0 heterocycles. The Morgan fingerprint density at radius 2 is 1.10 bits per heavy atom. The molecule has 1 atom stereocenters. The fourth-order valence-electron chi connectivity index (χ4n) is 2.20. The van der Waals surface area contributed by atoms with Crippen LogP contribution in [0.2, 0.25) is 0 Å². The molecule has 0 amide bonds. The number of hydrogen-bond acceptors (Lipinski definition) is 2. The SMILES string of the molecule is CC(C)(C)CC(C)(C(=O)OC(C)(C)C(C)(C)C)C(C)(C)C. The van der Waals surface area contributed by atoms with Crippen molar-refractivity contribution in [3.63, 3.8) is 0 Å². The average Bonchev–Trinajstić information content (AvgIpc) is 2.09. The van der Waals surface area contributed by atoms with Gasteiger partial charge in [0.1, 0.15) is 5.60 Å². The zero-order valence-corrected chi connectivity index (χ0v) is 16.5. The van der Waals surface area contributed by atoms with E-state index in [2.05, 4.69) is 69.2 Å². The fourth-order valence-corrected chi connectivity index (χ4v) is 2.20. The predicted octanol–water partition coefficient (Wildman–Crippen LogP) is 5.84. The summed E-state index contributed by atoms with van der Waals surface area (Å²) in [6, 6.07) is 0. The van der Waals surface area contributed by atoms with E-state index in [1.807, 2.05) is 13.8 Å². The third-order valence-electron chi connectivity index (χ3n) is 5.14. The number of esters is 1. The fraction of sp³-hybridized carbons (Fsp3) is 0.947. The van der Waals surface area contributed by atoms with Crippen molar-refractivity contribution in [2.75, 3.05) is 0 Å². The third-order valence-corrected chi connectivity index (χ3v) is 5.14. The summed E-state index contributed by atoms with van der Waals surface area (Å²) in [5.41, 5.74) is -1.16. The average molecular weight is 299 g/mol. The molecule has 0 aliphatic carbocycles. The van der Waals surface area contributed by atoms with Crippen LogP contribution in [0.5, 0.6) is 0 Å². The largest absolute Gasteiger partial charge is 0.459 e. The van der Waals surface area contributed by atoms with Crippen molar-refractivity contribution < 1.29 is 9.53 Å². The highest BCUT2D eigenvalue weighted by Crippen LogP contribution is 2.48. The second-order valence-corrected chi connectivity index (χ2v) is 10.5. The van der Waals surface area contributed by atoms with Crippen molar-refractivity contribution in [1.82, 2.24) is 0 Å². The Balaban J connectivity index is 5.55. The molecule has 2 heteroatoms. The van der Waals surface area contributed by atoms with Crippen molar-refractivity contribution in [3.8, 4) is 0 Å². The molecular formula is C19H38O2. The van der Waals surface area contributed by atoms with Crippen LogP contribution in [0.4, 0.5) is 0 Å². The summed E-state index contributed by atoms with van der Waals surface area (Å²) in [5.74, 6) is -0.0788. The van der Waals surface area contributed by atoms with Crippen LogP contribution in [0.3, 0.4) is 0 Å². The first-order valence-electron chi connectivity index (χ1n) is 8.07. The molecule has 0 N–H and O–H groups in total. The topological polar surface area (TPSA) is 26.3 Å². The van der Waals surface area contributed by atoms with E-state index in [4.69, 9.17) is 4.74 Å². The molecular weight excluding hydrogens is 260 g/mol. The Hall–Kier alpha value is -0.530. The molecule has 0 radical (unpaired) electrons. The van der Waals surface area contributed by atoms with Gasteiger partial charge in [-0.25, -0.2) is 0 Å². The molecule has 0 saturated carbocycles. The van der Waals surface area contributed by atoms with Gasteiger partial charge < -0.3 is 4.74 Å². The molecule has 21 heavy (non-hydrogen) atoms. The zero-order valence-electron chi connectivity index (χ0n) is 16.5. The van der Waals surface area contributed by atoms with Crippen LogP contribution < -0.4 is 0 Å². The maximum absolute atomic E-state index is 13.0. The number of carbonyl (C=O) groups excluding carboxylic acids is 1. The molecule has 0 rings (SSSR count). The highest BCUT2D eigenvalue weighted by Gasteiger charge is 2.50. The van der Waals surface area contributed by atoms with Crippen LogP contribution in [0.25, 0.3) is 0 Å². The number of hydrogen-bond donors (Lipinski definition) is 0. The van der Waals surface area contributed by atoms with Crippen molar-refractivity contribution in [2.45, 2.75) is 95.1 Å². The molecule has 0 aliphatic heterocycles. The van der Waals surface area contributed by atoms with Gasteiger partial charge in [0, 0.05) is 5.41 Å². The van der Waals surface area contributed by atoms with Gasteiger partial charge in [-0.2, -0.15) is 0 Å². The van der Waals surface area contributed by atoms with Gasteiger partial charge in [0.25, 0.3) is 0 Å². The number of rotatable bonds is 3. The minimum absolute atomic E-state index is 0.0763. The lowest BCUT2D eigenvalue weighted by atomic mass is 9.61. The highest BCUT2D eigenvalue weighted by atomic mass is 16.6. The van der Waals surface area contributed by atoms with Crippen LogP contribution >= 0.6 is 0 Å². The Morgan fingerprint density at radius 1 is 0.714 bits per heavy atom. The lowest BCUT2D eigenvalue weighted by Gasteiger charge is -2.47. The molecule has 0 aliphatic rings. The first kappa shape index (κ1) is 20.5. The summed E-state index contributed by atoms with van der Waals surface area (Å²) in [4.78, 5) is 13.0. The monoisotopic (exact) mass is 298 g/mol. The standard InChI is InChI=1S/C19H38O2/c1-15(2,3)13-19(12,17(7,8)9)14(20)21-18(10,11)16(4,5)6/h13H2,1-12H3. The summed E-state index contributed by atoms with van der Waals surface area (Å²) in [7, 11) is 0. The van der Waals surface area contributed by atoms with Crippen LogP contribution in [-0.2, 0) is 9.53 Å². The van der Waals surface area contributed by atoms with Gasteiger partial charge in [0.05, 0.1) is 5.41 Å². The van der Waals surface area contributed by atoms with Gasteiger partial charge >= 0.3 is 5.97 Å². The van der Waals surface area contributed by atoms with Crippen molar-refractivity contribution >= 4 is 5.97 Å². The van der Waals surface area contributed by atoms with Crippen molar-refractivity contribution in [3.05, 3.63) is 0 Å². The van der Waals surface area contributed by atoms with E-state index >= 15 is 0 Å². The first-order valence-corrected chi connectivity index (χ1v) is 8.07. The molecule has 0 aromatic heterocycles. The number of carbonyl (C=O) groups is 1. The van der Waals surface area contributed by atoms with E-state index in [9.17, 15) is 4.79 Å². The minimum Gasteiger partial charge on any atom is -0.459 e. The normalized spacial score (nSPS) is 17.3. The highest BCUT2D eigenvalue weighted by molar-refractivity contribution is 5.78. The lowest BCUT2D eigenvalue weighted by molar-refractivity contribution is -0.188. The molecule has 0 fully saturated rings. The lowest BCUT2D eigenvalue weighted by Crippen LogP contribution is -2.50. The summed E-state index contributed by atoms with van der Waals surface area (Å²) in [5, 5.41) is 0. The quantitative estimate of drug-likeness (QED) is 0.611. The summed E-state index contributed by atoms with van der Waals surface area (Å²) < 4.78 is 6.00. The number of ether oxygens (including phenoxy) is 1. The Labute approximate surface area is 133 Å². The maximum atomic E-state index is 13.0. The van der Waals surface area contributed by atoms with E-state index < -0.39 is 11.0 Å². The molecule has 2 nitrogen and oxygen atoms in total. The van der Waals surface area contributed by atoms with Gasteiger partial charge in [0.2, 0.25) is 0 Å². The van der Waals surface area contributed by atoms with E-state index in [1.54, 1.807) is 0 Å². The van der Waals surface area contributed by atoms with Crippen LogP contribution in [0, 0.1) is 21.7 Å². The van der Waals surface area contributed by atoms with Crippen molar-refractivity contribution in [2.24, 2.45) is 21.7 Å². The Kier molecular flexibility index (Phi) is 5.45. The Morgan fingerprint density at radius 3 is 1.33 bits per heavy atom. The first-order chi connectivity index (χ1) is 8.83. The maximum Gasteiger partial charge on any atom is 0.312 e. The molecule has 0 aromatic carbocycles. The smallest absolute Gasteiger partial charge is 0.312 e. The van der Waals surface area contributed by atoms with Crippen LogP contribution in [0.1, 0.15) is 89.5 Å². The minimum atomic E-state index is -0.506. The second kappa shape index (κ2) is 5.59. The van der Waals surface area contributed by atoms with E-state index in [-0.39, 0.29) is 22.2 Å². The molecule has 126 valence electrons. The van der Waals surface area contributed by atoms with Gasteiger partial charge in [-0.05, 0) is 38.0 Å². The molecule has 0 aromatic rings. The van der Waals surface area contributed by atoms with E-state index in [0.29, 0.717) is 0 Å². The Bertz CT molecular complexity index is 372. The molecule has 1 unspecified atom stereocenters. The van der Waals surface area contributed by atoms with Gasteiger partial charge in [-0.1, -0.05) is 62.3 Å². The van der Waals surface area contributed by atoms with Crippen LogP contribution in [0.15, 0.2) is 0 Å². The van der Waals surface area contributed by atoms with Gasteiger partial charge in [-0.3, -0.25) is 4.79 Å². The predicted molar refractivity (Wildman–Crippen MR) is 91.3 cm³/mol. The molecule has 0 bridgehead atoms. The van der Waals surface area contributed by atoms with Crippen LogP contribution in [-0.4, -0.2) is 11.6 Å². The van der Waals surface area contributed by atoms with Crippen molar-refractivity contribution in [1.29, 1.82) is 0 Å². The second-order valence-electron chi connectivity index (χ2n) is 10.5.